The van der Waals surface area contributed by atoms with Gasteiger partial charge in [-0.05, 0) is 43.4 Å². The molecular weight excluding hydrogens is 316 g/mol. The lowest BCUT2D eigenvalue weighted by Gasteiger charge is -2.12. The highest BCUT2D eigenvalue weighted by atomic mass is 16.5. The molecule has 0 atom stereocenters. The Morgan fingerprint density at radius 2 is 1.92 bits per heavy atom. The molecule has 1 fully saturated rings. The van der Waals surface area contributed by atoms with E-state index in [1.807, 2.05) is 24.3 Å². The van der Waals surface area contributed by atoms with Crippen LogP contribution in [0.15, 0.2) is 29.3 Å². The van der Waals surface area contributed by atoms with Crippen molar-refractivity contribution < 1.29 is 9.53 Å². The van der Waals surface area contributed by atoms with E-state index in [0.717, 1.165) is 50.5 Å². The quantitative estimate of drug-likeness (QED) is 0.343. The topological polar surface area (TPSA) is 74.8 Å². The van der Waals surface area contributed by atoms with Crippen LogP contribution in [-0.2, 0) is 11.2 Å². The van der Waals surface area contributed by atoms with Crippen LogP contribution in [0.4, 0.5) is 0 Å². The number of rotatable bonds is 10. The molecule has 0 saturated heterocycles. The van der Waals surface area contributed by atoms with Crippen molar-refractivity contribution in [2.75, 3.05) is 26.7 Å². The number of carbonyl (C=O) groups is 1. The van der Waals surface area contributed by atoms with E-state index in [9.17, 15) is 4.79 Å². The Bertz CT molecular complexity index is 553. The number of guanidine groups is 1. The van der Waals surface area contributed by atoms with Gasteiger partial charge >= 0.3 is 0 Å². The summed E-state index contributed by atoms with van der Waals surface area (Å²) in [5.41, 5.74) is 1.21. The number of ether oxygens (including phenoxy) is 1. The summed E-state index contributed by atoms with van der Waals surface area (Å²) in [7, 11) is 1.78. The first-order valence-electron chi connectivity index (χ1n) is 9.17. The summed E-state index contributed by atoms with van der Waals surface area (Å²) in [6.45, 7) is 4.01. The van der Waals surface area contributed by atoms with Crippen LogP contribution < -0.4 is 20.7 Å². The fourth-order valence-corrected chi connectivity index (χ4v) is 2.33. The molecule has 0 heterocycles. The van der Waals surface area contributed by atoms with Gasteiger partial charge in [0, 0.05) is 26.2 Å². The Morgan fingerprint density at radius 1 is 1.20 bits per heavy atom. The van der Waals surface area contributed by atoms with Gasteiger partial charge in [0.2, 0.25) is 0 Å². The van der Waals surface area contributed by atoms with Crippen molar-refractivity contribution in [2.24, 2.45) is 4.99 Å². The van der Waals surface area contributed by atoms with Crippen LogP contribution >= 0.6 is 0 Å². The zero-order valence-corrected chi connectivity index (χ0v) is 15.3. The molecule has 1 aliphatic rings. The molecule has 0 aliphatic heterocycles. The number of hydrogen-bond donors (Lipinski definition) is 3. The van der Waals surface area contributed by atoms with Gasteiger partial charge in [-0.3, -0.25) is 9.79 Å². The number of unbranched alkanes of at least 4 members (excludes halogenated alkanes) is 1. The summed E-state index contributed by atoms with van der Waals surface area (Å²) >= 11 is 0. The predicted molar refractivity (Wildman–Crippen MR) is 101 cm³/mol. The molecule has 0 unspecified atom stereocenters. The minimum atomic E-state index is -0.0438. The highest BCUT2D eigenvalue weighted by Crippen LogP contribution is 2.18. The van der Waals surface area contributed by atoms with Crippen LogP contribution in [0, 0.1) is 0 Å². The minimum Gasteiger partial charge on any atom is -0.484 e. The number of hydrogen-bond acceptors (Lipinski definition) is 3. The monoisotopic (exact) mass is 346 g/mol. The van der Waals surface area contributed by atoms with Gasteiger partial charge in [-0.2, -0.15) is 0 Å². The molecule has 1 saturated carbocycles. The minimum absolute atomic E-state index is 0.0438. The van der Waals surface area contributed by atoms with Crippen LogP contribution in [-0.4, -0.2) is 44.7 Å². The second kappa shape index (κ2) is 10.6. The maximum atomic E-state index is 11.6. The number of carbonyl (C=O) groups excluding carboxylic acids is 1. The first kappa shape index (κ1) is 19.1. The van der Waals surface area contributed by atoms with Crippen LogP contribution in [0.2, 0.25) is 0 Å². The summed E-state index contributed by atoms with van der Waals surface area (Å²) in [6.07, 6.45) is 5.39. The molecule has 25 heavy (non-hydrogen) atoms. The van der Waals surface area contributed by atoms with Gasteiger partial charge in [0.1, 0.15) is 5.75 Å². The lowest BCUT2D eigenvalue weighted by Crippen LogP contribution is -2.38. The van der Waals surface area contributed by atoms with Crippen molar-refractivity contribution in [3.63, 3.8) is 0 Å². The lowest BCUT2D eigenvalue weighted by atomic mass is 10.1. The second-order valence-corrected chi connectivity index (χ2v) is 6.30. The van der Waals surface area contributed by atoms with Crippen LogP contribution in [0.25, 0.3) is 0 Å². The molecular formula is C19H30N4O2. The molecule has 2 rings (SSSR count). The molecule has 3 N–H and O–H groups in total. The van der Waals surface area contributed by atoms with Crippen molar-refractivity contribution >= 4 is 11.9 Å². The van der Waals surface area contributed by atoms with E-state index in [-0.39, 0.29) is 12.5 Å². The average molecular weight is 346 g/mol. The third-order valence-electron chi connectivity index (χ3n) is 3.99. The number of benzene rings is 1. The number of nitrogens with zero attached hydrogens (tertiary/aromatic N) is 1. The maximum absolute atomic E-state index is 11.6. The highest BCUT2D eigenvalue weighted by molar-refractivity contribution is 5.79. The van der Waals surface area contributed by atoms with Crippen LogP contribution in [0.3, 0.4) is 0 Å². The van der Waals surface area contributed by atoms with Crippen molar-refractivity contribution in [3.05, 3.63) is 29.8 Å². The van der Waals surface area contributed by atoms with E-state index in [0.29, 0.717) is 6.04 Å². The first-order chi connectivity index (χ1) is 12.2. The smallest absolute Gasteiger partial charge is 0.258 e. The van der Waals surface area contributed by atoms with Crippen molar-refractivity contribution in [1.82, 2.24) is 16.0 Å². The summed E-state index contributed by atoms with van der Waals surface area (Å²) < 4.78 is 5.51. The molecule has 6 heteroatoms. The molecule has 1 aliphatic carbocycles. The predicted octanol–water partition coefficient (Wildman–Crippen LogP) is 1.85. The maximum Gasteiger partial charge on any atom is 0.258 e. The Balaban J connectivity index is 1.64. The molecule has 0 spiro atoms. The molecule has 1 aromatic carbocycles. The summed E-state index contributed by atoms with van der Waals surface area (Å²) in [5.74, 6) is 1.52. The Kier molecular flexibility index (Phi) is 8.09. The van der Waals surface area contributed by atoms with Crippen LogP contribution in [0.1, 0.15) is 38.2 Å². The van der Waals surface area contributed by atoms with E-state index in [1.165, 1.54) is 12.0 Å². The van der Waals surface area contributed by atoms with Gasteiger partial charge in [-0.1, -0.05) is 25.5 Å². The van der Waals surface area contributed by atoms with Gasteiger partial charge in [0.05, 0.1) is 0 Å². The zero-order chi connectivity index (χ0) is 17.9. The van der Waals surface area contributed by atoms with Crippen molar-refractivity contribution in [1.29, 1.82) is 0 Å². The Morgan fingerprint density at radius 3 is 2.56 bits per heavy atom. The van der Waals surface area contributed by atoms with Gasteiger partial charge in [-0.25, -0.2) is 0 Å². The van der Waals surface area contributed by atoms with E-state index >= 15 is 0 Å². The normalized spacial score (nSPS) is 14.1. The standard InChI is InChI=1S/C19H30N4O2/c1-3-4-12-21-19(20-2)22-13-11-15-5-9-17(10-6-15)25-14-18(24)23-16-7-8-16/h5-6,9-10,16H,3-4,7-8,11-14H2,1-2H3,(H,23,24)(H2,20,21,22). The average Bonchev–Trinajstić information content (AvgIpc) is 3.43. The fraction of sp³-hybridized carbons (Fsp3) is 0.579. The van der Waals surface area contributed by atoms with Gasteiger partial charge < -0.3 is 20.7 Å². The van der Waals surface area contributed by atoms with Crippen LogP contribution in [0.5, 0.6) is 5.75 Å². The number of nitrogens with one attached hydrogen (secondary N) is 3. The van der Waals surface area contributed by atoms with Gasteiger partial charge in [-0.15, -0.1) is 0 Å². The Labute approximate surface area is 150 Å². The van der Waals surface area contributed by atoms with Crippen molar-refractivity contribution in [2.45, 2.75) is 45.1 Å². The van der Waals surface area contributed by atoms with E-state index in [1.54, 1.807) is 7.05 Å². The van der Waals surface area contributed by atoms with E-state index < -0.39 is 0 Å². The molecule has 1 amide bonds. The zero-order valence-electron chi connectivity index (χ0n) is 15.3. The third-order valence-corrected chi connectivity index (χ3v) is 3.99. The fourth-order valence-electron chi connectivity index (χ4n) is 2.33. The highest BCUT2D eigenvalue weighted by Gasteiger charge is 2.23. The van der Waals surface area contributed by atoms with E-state index in [4.69, 9.17) is 4.74 Å². The second-order valence-electron chi connectivity index (χ2n) is 6.30. The first-order valence-corrected chi connectivity index (χ1v) is 9.17. The van der Waals surface area contributed by atoms with Crippen molar-refractivity contribution in [3.8, 4) is 5.75 Å². The lowest BCUT2D eigenvalue weighted by molar-refractivity contribution is -0.123. The Hall–Kier alpha value is -2.24. The van der Waals surface area contributed by atoms with Gasteiger partial charge in [0.25, 0.3) is 5.91 Å². The molecule has 0 aromatic heterocycles. The third kappa shape index (κ3) is 7.92. The van der Waals surface area contributed by atoms with Gasteiger partial charge in [0.15, 0.2) is 12.6 Å². The summed E-state index contributed by atoms with van der Waals surface area (Å²) in [6, 6.07) is 8.26. The summed E-state index contributed by atoms with van der Waals surface area (Å²) in [5, 5.41) is 9.51. The molecule has 138 valence electrons. The molecule has 6 nitrogen and oxygen atoms in total. The van der Waals surface area contributed by atoms with E-state index in [2.05, 4.69) is 27.9 Å². The largest absolute Gasteiger partial charge is 0.484 e. The SMILES string of the molecule is CCCCNC(=NC)NCCc1ccc(OCC(=O)NC2CC2)cc1. The molecule has 0 bridgehead atoms. The molecule has 1 aromatic rings. The number of amides is 1. The summed E-state index contributed by atoms with van der Waals surface area (Å²) in [4.78, 5) is 15.8. The molecule has 0 radical (unpaired) electrons. The number of aliphatic imine (C=N–C) groups is 1.